The fraction of sp³-hybridized carbons (Fsp3) is 0.577. The third-order valence-electron chi connectivity index (χ3n) is 18.9. The van der Waals surface area contributed by atoms with Crippen LogP contribution in [-0.2, 0) is 20.1 Å². The van der Waals surface area contributed by atoms with E-state index in [0.717, 1.165) is 16.7 Å². The van der Waals surface area contributed by atoms with Crippen molar-refractivity contribution in [2.45, 2.75) is 91.3 Å². The van der Waals surface area contributed by atoms with Crippen LogP contribution in [0.25, 0.3) is 11.3 Å². The molecule has 0 atom stereocenters. The zero-order chi connectivity index (χ0) is 60.6. The van der Waals surface area contributed by atoms with Gasteiger partial charge in [0.05, 0.1) is 16.9 Å². The van der Waals surface area contributed by atoms with Gasteiger partial charge in [0.25, 0.3) is 0 Å². The lowest BCUT2D eigenvalue weighted by molar-refractivity contribution is 0.00578. The first-order valence-electron chi connectivity index (χ1n) is 26.8. The van der Waals surface area contributed by atoms with Gasteiger partial charge in [-0.2, -0.15) is 0 Å². The highest BCUT2D eigenvalue weighted by Gasteiger charge is 2.61. The SMILES string of the molecule is CC1(C)OB(c2ccc(-c3ccc4c(c3)C(C)(C)C(C)(C)C4(C)C)nc2)OC1(C)C.[B]B([B])B([B])B(B([B])[B])B(B(B([B])[B])B([B])[B])B(B(B(B([B])[B])B([B])[B])B(B([B])[B])B([B])[B])B(B(B([B])[B])B([B])[B])B(B([B])[B])B([B])[B]. The van der Waals surface area contributed by atoms with E-state index in [9.17, 15) is 0 Å². The molecule has 1 fully saturated rings. The van der Waals surface area contributed by atoms with Gasteiger partial charge in [-0.05, 0) is 67.2 Å². The lowest BCUT2D eigenvalue weighted by Crippen LogP contribution is -2.94. The van der Waals surface area contributed by atoms with Gasteiger partial charge in [0.1, 0.15) is 0 Å². The van der Waals surface area contributed by atoms with Crippen LogP contribution in [0, 0.1) is 5.41 Å². The molecule has 50 radical (unpaired) electrons. The minimum absolute atomic E-state index is 0.0878. The van der Waals surface area contributed by atoms with Crippen LogP contribution < -0.4 is 5.46 Å². The summed E-state index contributed by atoms with van der Waals surface area (Å²) < 4.78 is 12.3. The van der Waals surface area contributed by atoms with E-state index in [1.54, 1.807) is 0 Å². The quantitative estimate of drug-likeness (QED) is 0.0983. The molecule has 304 valence electrons. The van der Waals surface area contributed by atoms with Gasteiger partial charge >= 0.3 is 7.12 Å². The maximum atomic E-state index is 6.65. The van der Waals surface area contributed by atoms with E-state index in [0.29, 0.717) is 0 Å². The van der Waals surface area contributed by atoms with Crippen LogP contribution in [0.1, 0.15) is 80.4 Å². The Kier molecular flexibility index (Phi) is 27.4. The van der Waals surface area contributed by atoms with Crippen molar-refractivity contribution in [2.75, 3.05) is 0 Å². The normalized spacial score (nSPS) is 15.4. The van der Waals surface area contributed by atoms with Crippen molar-refractivity contribution < 1.29 is 9.31 Å². The Morgan fingerprint density at radius 1 is 0.346 bits per heavy atom. The Hall–Kier alpha value is 1.47. The Bertz CT molecular complexity index is 2030. The Balaban J connectivity index is 0.000000451. The molecular weight excluding hydrogens is 888 g/mol. The summed E-state index contributed by atoms with van der Waals surface area (Å²) in [5.74, 6) is 0. The molecule has 3 nitrogen and oxygen atoms in total. The van der Waals surface area contributed by atoms with E-state index < -0.39 is 147 Å². The predicted octanol–water partition coefficient (Wildman–Crippen LogP) is -12.6. The molecule has 0 saturated carbocycles. The number of pyridine rings is 1. The third-order valence-corrected chi connectivity index (χ3v) is 18.9. The van der Waals surface area contributed by atoms with Crippen molar-refractivity contribution in [3.8, 4) is 11.3 Å². The molecule has 2 aromatic rings. The van der Waals surface area contributed by atoms with Crippen LogP contribution in [0.5, 0.6) is 0 Å². The number of nitrogens with zero attached hydrogens (tertiary/aromatic N) is 1. The van der Waals surface area contributed by atoms with Gasteiger partial charge in [-0.15, -0.1) is 0 Å². The monoisotopic (exact) mass is 934 g/mol. The summed E-state index contributed by atoms with van der Waals surface area (Å²) in [6.45, 7) is 22.6. The first-order chi connectivity index (χ1) is 35.4. The molecule has 1 aliphatic carbocycles. The van der Waals surface area contributed by atoms with E-state index in [1.807, 2.05) is 6.20 Å². The average molecular weight is 924 g/mol. The molecule has 0 spiro atoms. The molecule has 1 aliphatic heterocycles. The molecule has 4 rings (SSSR count). The number of aromatic nitrogens is 1. The standard InChI is InChI=1S/C26H36BNO2.B48/c1-22(2)19-13-11-17(15-20(19)23(3,4)24(22,5)6)21-14-12-18(16-28-21)27-29-25(7,8)26(9,10)30-27;1-26(2)38(25)44(37(23)24)47(43(35(19)20)36(21)22)48(45(39(27(3)4)28(5)6)40(29(7)8)30(9)10)46(41(31(11)12)32(13)14)42(33(15)16)34(17)18/h11-16H,1-10H3;. The molecule has 1 saturated heterocycles. The number of rotatable bonds is 24. The molecule has 0 amide bonds. The van der Waals surface area contributed by atoms with Gasteiger partial charge in [-0.1, -0.05) is 59.7 Å². The molecular formula is C26H36B49NO2. The van der Waals surface area contributed by atoms with Gasteiger partial charge in [-0.25, -0.2) is 0 Å². The second-order valence-electron chi connectivity index (χ2n) is 25.0. The fourth-order valence-corrected chi connectivity index (χ4v) is 12.9. The maximum absolute atomic E-state index is 6.65. The second-order valence-corrected chi connectivity index (χ2v) is 25.0. The smallest absolute Gasteiger partial charge is 0.399 e. The van der Waals surface area contributed by atoms with Gasteiger partial charge in [0, 0.05) is 358 Å². The zero-order valence-electron chi connectivity index (χ0n) is 48.0. The van der Waals surface area contributed by atoms with Crippen LogP contribution in [-0.4, -0.2) is 364 Å². The lowest BCUT2D eigenvalue weighted by atomic mass is 8.25. The number of benzene rings is 1. The van der Waals surface area contributed by atoms with E-state index in [1.165, 1.54) is 11.1 Å². The minimum Gasteiger partial charge on any atom is -0.399 e. The van der Waals surface area contributed by atoms with E-state index >= 15 is 0 Å². The topological polar surface area (TPSA) is 31.4 Å². The summed E-state index contributed by atoms with van der Waals surface area (Å²) in [5, 5.41) is 0. The number of hydrogen-bond donors (Lipinski definition) is 0. The van der Waals surface area contributed by atoms with Crippen molar-refractivity contribution in [1.29, 1.82) is 0 Å². The summed E-state index contributed by atoms with van der Waals surface area (Å²) in [5.41, 5.74) is 5.68. The molecule has 2 aliphatic rings. The summed E-state index contributed by atoms with van der Waals surface area (Å²) in [4.78, 5) is 4.77. The molecule has 2 heterocycles. The first kappa shape index (κ1) is 73.7. The highest BCUT2D eigenvalue weighted by molar-refractivity contribution is 8.35. The Morgan fingerprint density at radius 2 is 0.641 bits per heavy atom. The fourth-order valence-electron chi connectivity index (χ4n) is 12.9. The van der Waals surface area contributed by atoms with Crippen LogP contribution in [0.4, 0.5) is 0 Å². The molecule has 52 heteroatoms. The van der Waals surface area contributed by atoms with Crippen molar-refractivity contribution >= 4 is 353 Å². The molecule has 1 aromatic heterocycles. The molecule has 0 N–H and O–H groups in total. The summed E-state index contributed by atoms with van der Waals surface area (Å²) in [6, 6.07) is 11.0. The third kappa shape index (κ3) is 15.8. The minimum atomic E-state index is -1.34. The Labute approximate surface area is 518 Å². The molecule has 1 aromatic carbocycles. The van der Waals surface area contributed by atoms with Gasteiger partial charge in [0.15, 0.2) is 0 Å². The Morgan fingerprint density at radius 3 is 0.923 bits per heavy atom. The average Bonchev–Trinajstić information content (AvgIpc) is 3.55. The van der Waals surface area contributed by atoms with Crippen LogP contribution in [0.3, 0.4) is 0 Å². The lowest BCUT2D eigenvalue weighted by Gasteiger charge is -2.56. The van der Waals surface area contributed by atoms with Gasteiger partial charge in [-0.3, -0.25) is 4.98 Å². The van der Waals surface area contributed by atoms with Crippen molar-refractivity contribution in [2.24, 2.45) is 5.41 Å². The van der Waals surface area contributed by atoms with Crippen molar-refractivity contribution in [1.82, 2.24) is 4.98 Å². The van der Waals surface area contributed by atoms with E-state index in [4.69, 9.17) is 208 Å². The largest absolute Gasteiger partial charge is 0.496 e. The first-order valence-corrected chi connectivity index (χ1v) is 26.8. The van der Waals surface area contributed by atoms with E-state index in [2.05, 4.69) is 99.6 Å². The second kappa shape index (κ2) is 29.0. The highest BCUT2D eigenvalue weighted by Crippen LogP contribution is 2.61. The van der Waals surface area contributed by atoms with Crippen molar-refractivity contribution in [3.05, 3.63) is 47.7 Å². The summed E-state index contributed by atoms with van der Waals surface area (Å²) in [6.07, 6.45) is -27.2. The molecule has 0 unspecified atom stereocenters. The maximum Gasteiger partial charge on any atom is 0.496 e. The number of fused-ring (bicyclic) bond motifs is 1. The van der Waals surface area contributed by atoms with Crippen LogP contribution in [0.15, 0.2) is 36.5 Å². The van der Waals surface area contributed by atoms with Crippen LogP contribution in [0.2, 0.25) is 0 Å². The highest BCUT2D eigenvalue weighted by atomic mass is 16.7. The summed E-state index contributed by atoms with van der Waals surface area (Å²) >= 11 is 0. The molecule has 0 bridgehead atoms. The van der Waals surface area contributed by atoms with E-state index in [-0.39, 0.29) is 34.6 Å². The van der Waals surface area contributed by atoms with Gasteiger partial charge < -0.3 is 9.31 Å². The number of hydrogen-bond acceptors (Lipinski definition) is 3. The predicted molar refractivity (Wildman–Crippen MR) is 401 cm³/mol. The van der Waals surface area contributed by atoms with Crippen LogP contribution >= 0.6 is 0 Å². The van der Waals surface area contributed by atoms with Gasteiger partial charge in [0.2, 0.25) is 0 Å². The summed E-state index contributed by atoms with van der Waals surface area (Å²) in [7, 11) is 159. The van der Waals surface area contributed by atoms with Crippen molar-refractivity contribution in [3.63, 3.8) is 0 Å². The zero-order valence-corrected chi connectivity index (χ0v) is 48.0. The molecule has 78 heavy (non-hydrogen) atoms.